The molecule has 1 unspecified atom stereocenters. The third-order valence-electron chi connectivity index (χ3n) is 5.31. The average molecular weight is 459 g/mol. The Balaban J connectivity index is 0.00000363. The second kappa shape index (κ2) is 11.6. The molecule has 1 atom stereocenters. The van der Waals surface area contributed by atoms with E-state index < -0.39 is 18.0 Å². The van der Waals surface area contributed by atoms with Crippen LogP contribution in [-0.2, 0) is 11.2 Å². The number of nitrogens with zero attached hydrogens (tertiary/aromatic N) is 1. The van der Waals surface area contributed by atoms with Crippen LogP contribution in [0.2, 0.25) is 0 Å². The van der Waals surface area contributed by atoms with Gasteiger partial charge in [0.15, 0.2) is 5.78 Å². The van der Waals surface area contributed by atoms with Gasteiger partial charge in [0.1, 0.15) is 10.9 Å². The number of hydrogen-bond donors (Lipinski definition) is 2. The lowest BCUT2D eigenvalue weighted by molar-refractivity contribution is -0.120. The second-order valence-corrected chi connectivity index (χ2v) is 8.74. The monoisotopic (exact) mass is 458 g/mol. The van der Waals surface area contributed by atoms with Crippen LogP contribution in [0.5, 0.6) is 0 Å². The summed E-state index contributed by atoms with van der Waals surface area (Å²) in [6.07, 6.45) is 5.16. The van der Waals surface area contributed by atoms with Crippen LogP contribution in [0.25, 0.3) is 0 Å². The molecule has 1 aromatic heterocycles. The molecule has 0 bridgehead atoms. The zero-order valence-corrected chi connectivity index (χ0v) is 18.2. The predicted octanol–water partition coefficient (Wildman–Crippen LogP) is 5.29. The summed E-state index contributed by atoms with van der Waals surface area (Å²) in [4.78, 5) is 50.6. The lowest BCUT2D eigenvalue weighted by atomic mass is 10.0. The molecular formula is C24H30N2O5S. The number of carbonyl (C=O) groups is 4. The molecule has 0 radical (unpaired) electrons. The van der Waals surface area contributed by atoms with Gasteiger partial charge in [-0.05, 0) is 62.1 Å². The molecule has 7 nitrogen and oxygen atoms in total. The standard InChI is InChI=1S/C23H26N2O5S.CH4/c1-2-3-4-8-19(26)15-9-11-16(12-10-15)25-18(21(27)24-23(25)30)7-5-6-17-13-14-20(31-17)22(28)29;/h9-14,18H,2-8H2,1H3,(H,28,29)(H,24,27,30);1H4. The molecule has 2 heterocycles. The number of hydrogen-bond acceptors (Lipinski definition) is 5. The molecule has 1 saturated heterocycles. The van der Waals surface area contributed by atoms with Crippen molar-refractivity contribution in [1.29, 1.82) is 0 Å². The summed E-state index contributed by atoms with van der Waals surface area (Å²) in [6, 6.07) is 9.07. The van der Waals surface area contributed by atoms with Gasteiger partial charge < -0.3 is 5.11 Å². The number of unbranched alkanes of at least 4 members (excludes halogenated alkanes) is 2. The van der Waals surface area contributed by atoms with E-state index in [1.165, 1.54) is 16.2 Å². The highest BCUT2D eigenvalue weighted by molar-refractivity contribution is 7.13. The molecule has 1 aromatic carbocycles. The third-order valence-corrected chi connectivity index (χ3v) is 6.44. The number of thiophene rings is 1. The van der Waals surface area contributed by atoms with E-state index in [-0.39, 0.29) is 24.0 Å². The zero-order chi connectivity index (χ0) is 22.4. The summed E-state index contributed by atoms with van der Waals surface area (Å²) in [7, 11) is 0. The Hall–Kier alpha value is -3.00. The van der Waals surface area contributed by atoms with Crippen LogP contribution < -0.4 is 10.2 Å². The summed E-state index contributed by atoms with van der Waals surface area (Å²) in [6.45, 7) is 2.09. The van der Waals surface area contributed by atoms with Gasteiger partial charge in [0.2, 0.25) is 0 Å². The van der Waals surface area contributed by atoms with Crippen molar-refractivity contribution in [2.75, 3.05) is 4.90 Å². The second-order valence-electron chi connectivity index (χ2n) is 7.57. The number of aromatic carboxylic acids is 1. The highest BCUT2D eigenvalue weighted by atomic mass is 32.1. The highest BCUT2D eigenvalue weighted by Gasteiger charge is 2.38. The van der Waals surface area contributed by atoms with Crippen molar-refractivity contribution in [1.82, 2.24) is 5.32 Å². The van der Waals surface area contributed by atoms with Gasteiger partial charge in [0.05, 0.1) is 0 Å². The van der Waals surface area contributed by atoms with Gasteiger partial charge in [0.25, 0.3) is 5.91 Å². The minimum absolute atomic E-state index is 0. The molecule has 1 fully saturated rings. The van der Waals surface area contributed by atoms with Crippen LogP contribution in [0, 0.1) is 0 Å². The van der Waals surface area contributed by atoms with Crippen molar-refractivity contribution in [3.8, 4) is 0 Å². The number of Topliss-reactive ketones (excluding diaryl/α,β-unsaturated/α-hetero) is 1. The molecule has 1 aliphatic rings. The number of nitrogens with one attached hydrogen (secondary N) is 1. The van der Waals surface area contributed by atoms with Crippen LogP contribution in [0.4, 0.5) is 10.5 Å². The van der Waals surface area contributed by atoms with E-state index in [1.54, 1.807) is 36.4 Å². The van der Waals surface area contributed by atoms with Gasteiger partial charge in [-0.2, -0.15) is 0 Å². The first-order valence-electron chi connectivity index (χ1n) is 10.5. The van der Waals surface area contributed by atoms with Crippen molar-refractivity contribution < 1.29 is 24.3 Å². The Morgan fingerprint density at radius 2 is 1.78 bits per heavy atom. The molecule has 32 heavy (non-hydrogen) atoms. The summed E-state index contributed by atoms with van der Waals surface area (Å²) in [5, 5.41) is 11.4. The molecule has 0 saturated carbocycles. The molecule has 0 spiro atoms. The van der Waals surface area contributed by atoms with E-state index in [4.69, 9.17) is 5.11 Å². The number of aryl methyl sites for hydroxylation is 1. The van der Waals surface area contributed by atoms with E-state index in [2.05, 4.69) is 12.2 Å². The summed E-state index contributed by atoms with van der Waals surface area (Å²) < 4.78 is 0. The fourth-order valence-electron chi connectivity index (χ4n) is 3.65. The van der Waals surface area contributed by atoms with Crippen LogP contribution in [0.15, 0.2) is 36.4 Å². The van der Waals surface area contributed by atoms with Gasteiger partial charge in [-0.25, -0.2) is 9.59 Å². The van der Waals surface area contributed by atoms with Crippen LogP contribution in [0.1, 0.15) is 77.8 Å². The molecule has 8 heteroatoms. The van der Waals surface area contributed by atoms with Gasteiger partial charge in [0, 0.05) is 22.5 Å². The average Bonchev–Trinajstić information content (AvgIpc) is 3.33. The molecule has 2 aromatic rings. The molecule has 3 rings (SSSR count). The van der Waals surface area contributed by atoms with Gasteiger partial charge >= 0.3 is 12.0 Å². The van der Waals surface area contributed by atoms with Gasteiger partial charge in [-0.1, -0.05) is 27.2 Å². The quantitative estimate of drug-likeness (QED) is 0.270. The fourth-order valence-corrected chi connectivity index (χ4v) is 4.54. The summed E-state index contributed by atoms with van der Waals surface area (Å²) in [5.74, 6) is -1.22. The molecule has 1 aliphatic heterocycles. The van der Waals surface area contributed by atoms with E-state index >= 15 is 0 Å². The number of ketones is 1. The maximum atomic E-state index is 12.4. The smallest absolute Gasteiger partial charge is 0.345 e. The lowest BCUT2D eigenvalue weighted by Gasteiger charge is -2.22. The number of benzene rings is 1. The first-order valence-corrected chi connectivity index (χ1v) is 11.3. The van der Waals surface area contributed by atoms with E-state index in [9.17, 15) is 19.2 Å². The summed E-state index contributed by atoms with van der Waals surface area (Å²) in [5.41, 5.74) is 1.18. The third kappa shape index (κ3) is 6.03. The number of carbonyl (C=O) groups excluding carboxylic acids is 3. The van der Waals surface area contributed by atoms with Crippen molar-refractivity contribution in [3.63, 3.8) is 0 Å². The molecule has 3 amide bonds. The molecule has 172 valence electrons. The van der Waals surface area contributed by atoms with Crippen molar-refractivity contribution >= 4 is 40.7 Å². The molecular weight excluding hydrogens is 428 g/mol. The Morgan fingerprint density at radius 1 is 1.06 bits per heavy atom. The first-order chi connectivity index (χ1) is 14.9. The van der Waals surface area contributed by atoms with Crippen LogP contribution >= 0.6 is 11.3 Å². The Kier molecular flexibility index (Phi) is 9.13. The SMILES string of the molecule is C.CCCCCC(=O)c1ccc(N2C(=O)NC(=O)C2CCCc2ccc(C(=O)O)s2)cc1. The number of amides is 3. The van der Waals surface area contributed by atoms with Crippen molar-refractivity contribution in [3.05, 3.63) is 51.7 Å². The molecule has 0 aliphatic carbocycles. The van der Waals surface area contributed by atoms with Crippen molar-refractivity contribution in [2.45, 2.75) is 65.3 Å². The van der Waals surface area contributed by atoms with Gasteiger partial charge in [-0.15, -0.1) is 11.3 Å². The maximum Gasteiger partial charge on any atom is 0.345 e. The Labute approximate surface area is 192 Å². The van der Waals surface area contributed by atoms with Gasteiger partial charge in [-0.3, -0.25) is 19.8 Å². The topological polar surface area (TPSA) is 104 Å². The Morgan fingerprint density at radius 3 is 2.41 bits per heavy atom. The van der Waals surface area contributed by atoms with Crippen LogP contribution in [-0.4, -0.2) is 34.8 Å². The summed E-state index contributed by atoms with van der Waals surface area (Å²) >= 11 is 1.22. The minimum atomic E-state index is -0.949. The minimum Gasteiger partial charge on any atom is -0.477 e. The number of rotatable bonds is 11. The number of imide groups is 1. The number of anilines is 1. The number of urea groups is 1. The van der Waals surface area contributed by atoms with E-state index in [0.29, 0.717) is 36.9 Å². The highest BCUT2D eigenvalue weighted by Crippen LogP contribution is 2.26. The normalized spacial score (nSPS) is 15.4. The lowest BCUT2D eigenvalue weighted by Crippen LogP contribution is -2.35. The van der Waals surface area contributed by atoms with Crippen LogP contribution in [0.3, 0.4) is 0 Å². The Bertz CT molecular complexity index is 967. The zero-order valence-electron chi connectivity index (χ0n) is 17.4. The number of carboxylic acids is 1. The number of carboxylic acid groups (broad SMARTS) is 1. The first kappa shape index (κ1) is 25.3. The van der Waals surface area contributed by atoms with E-state index in [0.717, 1.165) is 24.1 Å². The molecule has 2 N–H and O–H groups in total. The maximum absolute atomic E-state index is 12.4. The van der Waals surface area contributed by atoms with E-state index in [1.807, 2.05) is 0 Å². The van der Waals surface area contributed by atoms with Crippen molar-refractivity contribution in [2.24, 2.45) is 0 Å². The largest absolute Gasteiger partial charge is 0.477 e. The fraction of sp³-hybridized carbons (Fsp3) is 0.417. The predicted molar refractivity (Wildman–Crippen MR) is 126 cm³/mol.